The van der Waals surface area contributed by atoms with Crippen molar-refractivity contribution in [1.29, 1.82) is 0 Å². The van der Waals surface area contributed by atoms with Crippen LogP contribution >= 0.6 is 0 Å². The number of aryl methyl sites for hydroxylation is 1. The zero-order chi connectivity index (χ0) is 11.8. The first-order chi connectivity index (χ1) is 7.01. The summed E-state index contributed by atoms with van der Waals surface area (Å²) in [7, 11) is 0. The molecule has 3 heteroatoms. The number of hydrogen-bond donors (Lipinski definition) is 1. The fraction of sp³-hybridized carbons (Fsp3) is 0.417. The number of anilines is 1. The van der Waals surface area contributed by atoms with Gasteiger partial charge in [-0.1, -0.05) is 26.3 Å². The Balaban J connectivity index is 0.000000583. The zero-order valence-corrected chi connectivity index (χ0v) is 9.73. The lowest BCUT2D eigenvalue weighted by atomic mass is 10.2. The summed E-state index contributed by atoms with van der Waals surface area (Å²) in [4.78, 5) is 10.6. The second-order valence-electron chi connectivity index (χ2n) is 3.37. The van der Waals surface area contributed by atoms with Gasteiger partial charge in [-0.3, -0.25) is 4.79 Å². The van der Waals surface area contributed by atoms with E-state index in [1.165, 1.54) is 19.4 Å². The van der Waals surface area contributed by atoms with Crippen molar-refractivity contribution in [1.82, 2.24) is 0 Å². The molecule has 0 radical (unpaired) electrons. The van der Waals surface area contributed by atoms with Crippen LogP contribution in [0.5, 0.6) is 0 Å². The first-order valence-corrected chi connectivity index (χ1v) is 5.05. The van der Waals surface area contributed by atoms with Crippen molar-refractivity contribution in [3.05, 3.63) is 29.6 Å². The molecule has 1 aromatic rings. The number of amides is 1. The van der Waals surface area contributed by atoms with E-state index in [-0.39, 0.29) is 11.6 Å². The van der Waals surface area contributed by atoms with E-state index < -0.39 is 5.82 Å². The van der Waals surface area contributed by atoms with Crippen molar-refractivity contribution in [2.45, 2.75) is 34.1 Å². The molecule has 0 spiro atoms. The second-order valence-corrected chi connectivity index (χ2v) is 3.37. The highest BCUT2D eigenvalue weighted by Crippen LogP contribution is 2.14. The molecule has 0 atom stereocenters. The van der Waals surface area contributed by atoms with Crippen molar-refractivity contribution in [2.75, 3.05) is 5.32 Å². The quantitative estimate of drug-likeness (QED) is 0.756. The fourth-order valence-electron chi connectivity index (χ4n) is 0.925. The Labute approximate surface area is 90.5 Å². The average molecular weight is 211 g/mol. The lowest BCUT2D eigenvalue weighted by Gasteiger charge is -2.03. The van der Waals surface area contributed by atoms with Crippen LogP contribution < -0.4 is 5.32 Å². The third kappa shape index (κ3) is 5.83. The fourth-order valence-corrected chi connectivity index (χ4v) is 0.925. The molecule has 0 aliphatic heterocycles. The highest BCUT2D eigenvalue weighted by molar-refractivity contribution is 5.88. The van der Waals surface area contributed by atoms with Crippen LogP contribution in [0.2, 0.25) is 0 Å². The van der Waals surface area contributed by atoms with Crippen LogP contribution in [0.4, 0.5) is 10.1 Å². The van der Waals surface area contributed by atoms with Gasteiger partial charge < -0.3 is 5.32 Å². The SMILES string of the molecule is CC(=O)Nc1cc(C)ccc1F.CCC. The van der Waals surface area contributed by atoms with Gasteiger partial charge in [-0.15, -0.1) is 0 Å². The molecule has 0 saturated heterocycles. The van der Waals surface area contributed by atoms with E-state index in [4.69, 9.17) is 0 Å². The van der Waals surface area contributed by atoms with E-state index in [1.54, 1.807) is 12.1 Å². The molecule has 1 aromatic carbocycles. The van der Waals surface area contributed by atoms with Gasteiger partial charge in [0, 0.05) is 6.92 Å². The topological polar surface area (TPSA) is 29.1 Å². The van der Waals surface area contributed by atoms with Crippen LogP contribution in [-0.4, -0.2) is 5.91 Å². The maximum absolute atomic E-state index is 12.9. The highest BCUT2D eigenvalue weighted by atomic mass is 19.1. The Kier molecular flexibility index (Phi) is 6.34. The number of carbonyl (C=O) groups is 1. The summed E-state index contributed by atoms with van der Waals surface area (Å²) in [6.45, 7) is 7.44. The summed E-state index contributed by atoms with van der Waals surface area (Å²) in [5, 5.41) is 2.40. The van der Waals surface area contributed by atoms with Crippen molar-refractivity contribution >= 4 is 11.6 Å². The molecule has 0 bridgehead atoms. The largest absolute Gasteiger partial charge is 0.324 e. The zero-order valence-electron chi connectivity index (χ0n) is 9.73. The number of rotatable bonds is 1. The molecule has 1 N–H and O–H groups in total. The molecule has 0 heterocycles. The minimum Gasteiger partial charge on any atom is -0.324 e. The van der Waals surface area contributed by atoms with E-state index >= 15 is 0 Å². The third-order valence-corrected chi connectivity index (χ3v) is 1.43. The van der Waals surface area contributed by atoms with Gasteiger partial charge in [0.1, 0.15) is 5.82 Å². The summed E-state index contributed by atoms with van der Waals surface area (Å²) in [6.07, 6.45) is 1.25. The molecule has 1 amide bonds. The Morgan fingerprint density at radius 3 is 2.40 bits per heavy atom. The molecular weight excluding hydrogens is 193 g/mol. The minimum atomic E-state index is -0.407. The van der Waals surface area contributed by atoms with Gasteiger partial charge in [-0.25, -0.2) is 4.39 Å². The lowest BCUT2D eigenvalue weighted by molar-refractivity contribution is -0.114. The van der Waals surface area contributed by atoms with Crippen LogP contribution in [0, 0.1) is 12.7 Å². The summed E-state index contributed by atoms with van der Waals surface area (Å²) in [5.41, 5.74) is 1.16. The van der Waals surface area contributed by atoms with Crippen LogP contribution in [0.3, 0.4) is 0 Å². The van der Waals surface area contributed by atoms with Gasteiger partial charge in [0.2, 0.25) is 5.91 Å². The van der Waals surface area contributed by atoms with Gasteiger partial charge >= 0.3 is 0 Å². The van der Waals surface area contributed by atoms with Crippen LogP contribution in [-0.2, 0) is 4.79 Å². The third-order valence-electron chi connectivity index (χ3n) is 1.43. The molecule has 2 nitrogen and oxygen atoms in total. The molecule has 1 rings (SSSR count). The monoisotopic (exact) mass is 211 g/mol. The smallest absolute Gasteiger partial charge is 0.221 e. The maximum atomic E-state index is 12.9. The standard InChI is InChI=1S/C9H10FNO.C3H8/c1-6-3-4-8(10)9(5-6)11-7(2)12;1-3-2/h3-5H,1-2H3,(H,11,12);3H2,1-2H3. The average Bonchev–Trinajstić information content (AvgIpc) is 2.12. The van der Waals surface area contributed by atoms with Crippen molar-refractivity contribution in [2.24, 2.45) is 0 Å². The van der Waals surface area contributed by atoms with Gasteiger partial charge in [0.05, 0.1) is 5.69 Å². The van der Waals surface area contributed by atoms with Crippen molar-refractivity contribution in [3.63, 3.8) is 0 Å². The minimum absolute atomic E-state index is 0.238. The van der Waals surface area contributed by atoms with E-state index in [9.17, 15) is 9.18 Å². The molecule has 0 fully saturated rings. The summed E-state index contributed by atoms with van der Waals surface area (Å²) >= 11 is 0. The molecule has 84 valence electrons. The molecule has 0 aliphatic carbocycles. The van der Waals surface area contributed by atoms with E-state index in [1.807, 2.05) is 6.92 Å². The van der Waals surface area contributed by atoms with Gasteiger partial charge in [0.15, 0.2) is 0 Å². The van der Waals surface area contributed by atoms with Crippen molar-refractivity contribution < 1.29 is 9.18 Å². The first kappa shape index (κ1) is 13.6. The maximum Gasteiger partial charge on any atom is 0.221 e. The number of halogens is 1. The van der Waals surface area contributed by atoms with E-state index in [0.717, 1.165) is 5.56 Å². The van der Waals surface area contributed by atoms with E-state index in [2.05, 4.69) is 19.2 Å². The molecule has 0 unspecified atom stereocenters. The Hall–Kier alpha value is -1.38. The molecule has 0 saturated carbocycles. The Bertz CT molecular complexity index is 323. The molecular formula is C12H18FNO. The first-order valence-electron chi connectivity index (χ1n) is 5.05. The van der Waals surface area contributed by atoms with E-state index in [0.29, 0.717) is 0 Å². The summed E-state index contributed by atoms with van der Waals surface area (Å²) in [5.74, 6) is -0.671. The number of carbonyl (C=O) groups excluding carboxylic acids is 1. The van der Waals surface area contributed by atoms with Crippen LogP contribution in [0.15, 0.2) is 18.2 Å². The van der Waals surface area contributed by atoms with Crippen LogP contribution in [0.25, 0.3) is 0 Å². The summed E-state index contributed by atoms with van der Waals surface area (Å²) in [6, 6.07) is 4.58. The Morgan fingerprint density at radius 2 is 1.93 bits per heavy atom. The number of nitrogens with one attached hydrogen (secondary N) is 1. The molecule has 15 heavy (non-hydrogen) atoms. The summed E-state index contributed by atoms with van der Waals surface area (Å²) < 4.78 is 12.9. The van der Waals surface area contributed by atoms with Gasteiger partial charge in [-0.2, -0.15) is 0 Å². The second kappa shape index (κ2) is 6.98. The van der Waals surface area contributed by atoms with Crippen molar-refractivity contribution in [3.8, 4) is 0 Å². The predicted octanol–water partition coefficient (Wildman–Crippen LogP) is 3.51. The van der Waals surface area contributed by atoms with Gasteiger partial charge in [0.25, 0.3) is 0 Å². The normalized spacial score (nSPS) is 8.87. The highest BCUT2D eigenvalue weighted by Gasteiger charge is 2.02. The van der Waals surface area contributed by atoms with Gasteiger partial charge in [-0.05, 0) is 24.6 Å². The molecule has 0 aliphatic rings. The Morgan fingerprint density at radius 1 is 1.40 bits per heavy atom. The molecule has 0 aromatic heterocycles. The lowest BCUT2D eigenvalue weighted by Crippen LogP contribution is -2.07. The van der Waals surface area contributed by atoms with Crippen LogP contribution in [0.1, 0.15) is 32.8 Å². The number of hydrogen-bond acceptors (Lipinski definition) is 1. The predicted molar refractivity (Wildman–Crippen MR) is 61.4 cm³/mol. The number of benzene rings is 1.